The molecule has 2 aromatic carbocycles. The van der Waals surface area contributed by atoms with Gasteiger partial charge in [0.15, 0.2) is 5.82 Å². The number of carbonyl (C=O) groups is 1. The summed E-state index contributed by atoms with van der Waals surface area (Å²) < 4.78 is 54.3. The largest absolute Gasteiger partial charge is 0.416 e. The number of alkyl halides is 3. The summed E-state index contributed by atoms with van der Waals surface area (Å²) >= 11 is 0. The molecule has 1 amide bonds. The van der Waals surface area contributed by atoms with Crippen molar-refractivity contribution in [1.82, 2.24) is 9.78 Å². The lowest BCUT2D eigenvalue weighted by Gasteiger charge is -2.13. The van der Waals surface area contributed by atoms with E-state index in [1.165, 1.54) is 12.3 Å². The highest BCUT2D eigenvalue weighted by molar-refractivity contribution is 6.04. The summed E-state index contributed by atoms with van der Waals surface area (Å²) in [6, 6.07) is 11.2. The Labute approximate surface area is 152 Å². The van der Waals surface area contributed by atoms with E-state index < -0.39 is 29.7 Å². The van der Waals surface area contributed by atoms with Crippen LogP contribution >= 0.6 is 0 Å². The van der Waals surface area contributed by atoms with Crippen molar-refractivity contribution in [2.45, 2.75) is 19.6 Å². The zero-order chi connectivity index (χ0) is 19.6. The van der Waals surface area contributed by atoms with Crippen molar-refractivity contribution < 1.29 is 22.4 Å². The molecule has 0 saturated heterocycles. The van der Waals surface area contributed by atoms with E-state index in [0.717, 1.165) is 28.4 Å². The summed E-state index contributed by atoms with van der Waals surface area (Å²) in [5, 5.41) is 6.59. The van der Waals surface area contributed by atoms with E-state index in [4.69, 9.17) is 0 Å². The van der Waals surface area contributed by atoms with E-state index in [1.54, 1.807) is 31.2 Å². The standard InChI is InChI=1S/C19H15F4N3O/c1-12-5-2-3-6-13(12)18(27)24-17-9-10-26(25-17)11-14-15(19(21,22)23)7-4-8-16(14)20/h2-10H,11H2,1H3,(H,24,25,27). The van der Waals surface area contributed by atoms with Crippen LogP contribution in [0.15, 0.2) is 54.7 Å². The second kappa shape index (κ2) is 7.22. The number of carbonyl (C=O) groups excluding carboxylic acids is 1. The van der Waals surface area contributed by atoms with Crippen molar-refractivity contribution in [3.8, 4) is 0 Å². The topological polar surface area (TPSA) is 46.9 Å². The molecule has 0 aliphatic heterocycles. The summed E-state index contributed by atoms with van der Waals surface area (Å²) in [5.41, 5.74) is -0.329. The van der Waals surface area contributed by atoms with Gasteiger partial charge < -0.3 is 5.32 Å². The molecule has 4 nitrogen and oxygen atoms in total. The van der Waals surface area contributed by atoms with Crippen molar-refractivity contribution in [2.75, 3.05) is 5.32 Å². The summed E-state index contributed by atoms with van der Waals surface area (Å²) in [7, 11) is 0. The number of aryl methyl sites for hydroxylation is 1. The minimum Gasteiger partial charge on any atom is -0.305 e. The molecule has 0 unspecified atom stereocenters. The molecule has 8 heteroatoms. The SMILES string of the molecule is Cc1ccccc1C(=O)Nc1ccn(Cc2c(F)cccc2C(F)(F)F)n1. The Morgan fingerprint density at radius 1 is 1.11 bits per heavy atom. The number of benzene rings is 2. The Bertz CT molecular complexity index is 979. The van der Waals surface area contributed by atoms with Gasteiger partial charge in [-0.3, -0.25) is 9.48 Å². The van der Waals surface area contributed by atoms with Gasteiger partial charge in [0.1, 0.15) is 5.82 Å². The van der Waals surface area contributed by atoms with E-state index in [0.29, 0.717) is 5.56 Å². The van der Waals surface area contributed by atoms with Crippen molar-refractivity contribution in [1.29, 1.82) is 0 Å². The van der Waals surface area contributed by atoms with Crippen LogP contribution in [0.1, 0.15) is 27.0 Å². The zero-order valence-corrected chi connectivity index (χ0v) is 14.2. The van der Waals surface area contributed by atoms with E-state index in [1.807, 2.05) is 0 Å². The van der Waals surface area contributed by atoms with Crippen LogP contribution in [-0.2, 0) is 12.7 Å². The number of rotatable bonds is 4. The predicted octanol–water partition coefficient (Wildman–Crippen LogP) is 4.65. The van der Waals surface area contributed by atoms with Gasteiger partial charge in [0.05, 0.1) is 12.1 Å². The normalized spacial score (nSPS) is 11.4. The summed E-state index contributed by atoms with van der Waals surface area (Å²) in [6.07, 6.45) is -3.30. The summed E-state index contributed by atoms with van der Waals surface area (Å²) in [6.45, 7) is 1.37. The maximum atomic E-state index is 13.9. The Balaban J connectivity index is 1.80. The highest BCUT2D eigenvalue weighted by atomic mass is 19.4. The molecule has 1 aromatic heterocycles. The molecular formula is C19H15F4N3O. The molecule has 0 atom stereocenters. The Morgan fingerprint density at radius 3 is 2.56 bits per heavy atom. The third-order valence-corrected chi connectivity index (χ3v) is 4.02. The van der Waals surface area contributed by atoms with E-state index in [-0.39, 0.29) is 11.7 Å². The molecule has 140 valence electrons. The van der Waals surface area contributed by atoms with Crippen LogP contribution in [0.2, 0.25) is 0 Å². The van der Waals surface area contributed by atoms with Crippen LogP contribution in [0.25, 0.3) is 0 Å². The molecule has 3 rings (SSSR count). The van der Waals surface area contributed by atoms with Crippen LogP contribution in [0.4, 0.5) is 23.4 Å². The Morgan fingerprint density at radius 2 is 1.85 bits per heavy atom. The van der Waals surface area contributed by atoms with Crippen molar-refractivity contribution in [3.63, 3.8) is 0 Å². The van der Waals surface area contributed by atoms with Gasteiger partial charge in [-0.15, -0.1) is 0 Å². The third kappa shape index (κ3) is 4.16. The third-order valence-electron chi connectivity index (χ3n) is 4.02. The number of nitrogens with one attached hydrogen (secondary N) is 1. The lowest BCUT2D eigenvalue weighted by atomic mass is 10.1. The molecule has 0 radical (unpaired) electrons. The Kier molecular flexibility index (Phi) is 4.98. The Hall–Kier alpha value is -3.16. The molecule has 0 fully saturated rings. The molecule has 1 N–H and O–H groups in total. The zero-order valence-electron chi connectivity index (χ0n) is 14.2. The van der Waals surface area contributed by atoms with Gasteiger partial charge in [0, 0.05) is 23.4 Å². The molecule has 3 aromatic rings. The first-order valence-corrected chi connectivity index (χ1v) is 8.01. The van der Waals surface area contributed by atoms with E-state index in [9.17, 15) is 22.4 Å². The average Bonchev–Trinajstić information content (AvgIpc) is 3.03. The maximum Gasteiger partial charge on any atom is 0.416 e. The molecule has 0 saturated carbocycles. The molecule has 27 heavy (non-hydrogen) atoms. The van der Waals surface area contributed by atoms with Crippen LogP contribution < -0.4 is 5.32 Å². The van der Waals surface area contributed by atoms with Crippen LogP contribution in [0.5, 0.6) is 0 Å². The first kappa shape index (κ1) is 18.6. The number of hydrogen-bond acceptors (Lipinski definition) is 2. The molecule has 1 heterocycles. The van der Waals surface area contributed by atoms with Gasteiger partial charge >= 0.3 is 6.18 Å². The smallest absolute Gasteiger partial charge is 0.305 e. The lowest BCUT2D eigenvalue weighted by Crippen LogP contribution is -2.15. The highest BCUT2D eigenvalue weighted by Crippen LogP contribution is 2.33. The highest BCUT2D eigenvalue weighted by Gasteiger charge is 2.34. The fraction of sp³-hybridized carbons (Fsp3) is 0.158. The second-order valence-electron chi connectivity index (χ2n) is 5.93. The molecule has 0 bridgehead atoms. The predicted molar refractivity (Wildman–Crippen MR) is 91.9 cm³/mol. The average molecular weight is 377 g/mol. The number of anilines is 1. The first-order valence-electron chi connectivity index (χ1n) is 8.01. The minimum absolute atomic E-state index is 0.160. The second-order valence-corrected chi connectivity index (χ2v) is 5.93. The number of amides is 1. The van der Waals surface area contributed by atoms with Gasteiger partial charge in [-0.1, -0.05) is 24.3 Å². The molecule has 0 spiro atoms. The molecule has 0 aliphatic rings. The van der Waals surface area contributed by atoms with Gasteiger partial charge in [0.25, 0.3) is 5.91 Å². The fourth-order valence-corrected chi connectivity index (χ4v) is 2.67. The van der Waals surface area contributed by atoms with Crippen LogP contribution in [0.3, 0.4) is 0 Å². The summed E-state index contributed by atoms with van der Waals surface area (Å²) in [4.78, 5) is 12.3. The van der Waals surface area contributed by atoms with Crippen LogP contribution in [0, 0.1) is 12.7 Å². The molecular weight excluding hydrogens is 362 g/mol. The number of hydrogen-bond donors (Lipinski definition) is 1. The van der Waals surface area contributed by atoms with Crippen molar-refractivity contribution >= 4 is 11.7 Å². The van der Waals surface area contributed by atoms with Gasteiger partial charge in [-0.2, -0.15) is 18.3 Å². The van der Waals surface area contributed by atoms with Crippen LogP contribution in [-0.4, -0.2) is 15.7 Å². The maximum absolute atomic E-state index is 13.9. The van der Waals surface area contributed by atoms with E-state index in [2.05, 4.69) is 10.4 Å². The minimum atomic E-state index is -4.67. The molecule has 0 aliphatic carbocycles. The lowest BCUT2D eigenvalue weighted by molar-refractivity contribution is -0.138. The van der Waals surface area contributed by atoms with Gasteiger partial charge in [0.2, 0.25) is 0 Å². The van der Waals surface area contributed by atoms with Crippen molar-refractivity contribution in [3.05, 3.63) is 82.8 Å². The monoisotopic (exact) mass is 377 g/mol. The van der Waals surface area contributed by atoms with Gasteiger partial charge in [-0.25, -0.2) is 4.39 Å². The fourth-order valence-electron chi connectivity index (χ4n) is 2.67. The number of halogens is 4. The summed E-state index contributed by atoms with van der Waals surface area (Å²) in [5.74, 6) is -1.20. The first-order chi connectivity index (χ1) is 12.8. The van der Waals surface area contributed by atoms with E-state index >= 15 is 0 Å². The number of aromatic nitrogens is 2. The van der Waals surface area contributed by atoms with Crippen molar-refractivity contribution in [2.24, 2.45) is 0 Å². The number of nitrogens with zero attached hydrogens (tertiary/aromatic N) is 2. The quantitative estimate of drug-likeness (QED) is 0.673. The van der Waals surface area contributed by atoms with Gasteiger partial charge in [-0.05, 0) is 30.7 Å².